The molecule has 0 saturated carbocycles. The summed E-state index contributed by atoms with van der Waals surface area (Å²) in [7, 11) is 1.96. The molecule has 0 fully saturated rings. The Labute approximate surface area is 137 Å². The third-order valence-electron chi connectivity index (χ3n) is 4.20. The van der Waals surface area contributed by atoms with Gasteiger partial charge in [-0.15, -0.1) is 0 Å². The van der Waals surface area contributed by atoms with Crippen molar-refractivity contribution in [2.24, 2.45) is 10.1 Å². The van der Waals surface area contributed by atoms with Gasteiger partial charge in [0.15, 0.2) is 0 Å². The van der Waals surface area contributed by atoms with Gasteiger partial charge in [-0.25, -0.2) is 10.0 Å². The zero-order valence-corrected chi connectivity index (χ0v) is 14.1. The maximum Gasteiger partial charge on any atom is 0.214 e. The lowest BCUT2D eigenvalue weighted by Gasteiger charge is -2.19. The molecule has 0 radical (unpaired) electrons. The summed E-state index contributed by atoms with van der Waals surface area (Å²) in [5, 5.41) is 11.2. The van der Waals surface area contributed by atoms with Gasteiger partial charge in [-0.2, -0.15) is 5.10 Å². The van der Waals surface area contributed by atoms with E-state index in [4.69, 9.17) is 5.10 Å². The number of hydrogen-bond donors (Lipinski definition) is 2. The summed E-state index contributed by atoms with van der Waals surface area (Å²) in [5.74, 6) is 0.862. The fourth-order valence-electron chi connectivity index (χ4n) is 3.23. The Kier molecular flexibility index (Phi) is 3.41. The van der Waals surface area contributed by atoms with Crippen LogP contribution in [0.1, 0.15) is 24.1 Å². The van der Waals surface area contributed by atoms with Gasteiger partial charge in [-0.3, -0.25) is 0 Å². The third kappa shape index (κ3) is 2.31. The number of fused-ring (bicyclic) bond motifs is 3. The van der Waals surface area contributed by atoms with Crippen molar-refractivity contribution < 1.29 is 0 Å². The highest BCUT2D eigenvalue weighted by Gasteiger charge is 2.22. The number of hydrogen-bond acceptors (Lipinski definition) is 4. The van der Waals surface area contributed by atoms with E-state index >= 15 is 0 Å². The molecule has 0 saturated heterocycles. The van der Waals surface area contributed by atoms with Crippen LogP contribution in [0.2, 0.25) is 0 Å². The second-order valence-electron chi connectivity index (χ2n) is 5.72. The monoisotopic (exact) mass is 359 g/mol. The number of guanidine groups is 1. The normalized spacial score (nSPS) is 19.2. The first-order valence-corrected chi connectivity index (χ1v) is 8.41. The summed E-state index contributed by atoms with van der Waals surface area (Å²) in [5.41, 5.74) is 4.90. The molecular weight excluding hydrogens is 342 g/mol. The van der Waals surface area contributed by atoms with Gasteiger partial charge in [0.1, 0.15) is 0 Å². The fourth-order valence-corrected chi connectivity index (χ4v) is 3.59. The number of nitrogens with zero attached hydrogens (tertiary/aromatic N) is 3. The molecule has 1 aromatic heterocycles. The van der Waals surface area contributed by atoms with Gasteiger partial charge in [-0.05, 0) is 37.5 Å². The molecule has 1 aromatic carbocycles. The maximum atomic E-state index is 4.83. The fraction of sp³-hybridized carbons (Fsp3) is 0.375. The van der Waals surface area contributed by atoms with E-state index in [1.165, 1.54) is 22.2 Å². The minimum Gasteiger partial charge on any atom is -0.358 e. The van der Waals surface area contributed by atoms with Gasteiger partial charge < -0.3 is 10.3 Å². The van der Waals surface area contributed by atoms with E-state index in [1.807, 2.05) is 12.1 Å². The molecule has 5 nitrogen and oxygen atoms in total. The summed E-state index contributed by atoms with van der Waals surface area (Å²) in [6.07, 6.45) is 3.22. The van der Waals surface area contributed by atoms with E-state index in [9.17, 15) is 0 Å². The van der Waals surface area contributed by atoms with Crippen molar-refractivity contribution in [2.45, 2.75) is 19.3 Å². The second kappa shape index (κ2) is 5.43. The Morgan fingerprint density at radius 2 is 2.23 bits per heavy atom. The smallest absolute Gasteiger partial charge is 0.214 e. The van der Waals surface area contributed by atoms with E-state index in [2.05, 4.69) is 49.4 Å². The SMILES string of the molecule is CN(N=C1CCCc2[nH]c3ccc(Br)cc3c21)C1=NCCN1. The average molecular weight is 360 g/mol. The molecule has 114 valence electrons. The Morgan fingerprint density at radius 3 is 3.05 bits per heavy atom. The third-order valence-corrected chi connectivity index (χ3v) is 4.69. The minimum absolute atomic E-state index is 0.829. The lowest BCUT2D eigenvalue weighted by Crippen LogP contribution is -2.33. The van der Waals surface area contributed by atoms with Gasteiger partial charge in [0.05, 0.1) is 12.3 Å². The molecule has 0 atom stereocenters. The second-order valence-corrected chi connectivity index (χ2v) is 6.64. The van der Waals surface area contributed by atoms with Crippen molar-refractivity contribution in [1.29, 1.82) is 0 Å². The lowest BCUT2D eigenvalue weighted by molar-refractivity contribution is 0.524. The molecule has 2 aliphatic rings. The molecule has 22 heavy (non-hydrogen) atoms. The molecule has 2 heterocycles. The minimum atomic E-state index is 0.829. The van der Waals surface area contributed by atoms with Gasteiger partial charge in [0.25, 0.3) is 0 Å². The number of rotatable bonds is 1. The summed E-state index contributed by atoms with van der Waals surface area (Å²) < 4.78 is 1.10. The molecule has 2 aromatic rings. The van der Waals surface area contributed by atoms with E-state index in [1.54, 1.807) is 0 Å². The largest absolute Gasteiger partial charge is 0.358 e. The first kappa shape index (κ1) is 13.8. The van der Waals surface area contributed by atoms with Crippen LogP contribution >= 0.6 is 15.9 Å². The van der Waals surface area contributed by atoms with Crippen LogP contribution in [0.4, 0.5) is 0 Å². The first-order chi connectivity index (χ1) is 10.7. The number of halogens is 1. The van der Waals surface area contributed by atoms with Crippen LogP contribution in [-0.4, -0.2) is 41.8 Å². The Bertz CT molecular complexity index is 789. The van der Waals surface area contributed by atoms with Crippen molar-refractivity contribution in [1.82, 2.24) is 15.3 Å². The standard InChI is InChI=1S/C16H18BrN5/c1-22(16-18-7-8-19-16)21-14-4-2-3-13-15(14)11-9-10(17)5-6-12(11)20-13/h5-6,9,20H,2-4,7-8H2,1H3,(H,18,19). The quantitative estimate of drug-likeness (QED) is 0.769. The maximum absolute atomic E-state index is 4.83. The number of nitrogens with one attached hydrogen (secondary N) is 2. The van der Waals surface area contributed by atoms with Crippen molar-refractivity contribution in [3.63, 3.8) is 0 Å². The van der Waals surface area contributed by atoms with Crippen LogP contribution < -0.4 is 5.32 Å². The highest BCUT2D eigenvalue weighted by molar-refractivity contribution is 9.10. The summed E-state index contributed by atoms with van der Waals surface area (Å²) >= 11 is 3.58. The molecule has 1 aliphatic heterocycles. The van der Waals surface area contributed by atoms with E-state index in [0.29, 0.717) is 0 Å². The molecule has 4 rings (SSSR count). The first-order valence-electron chi connectivity index (χ1n) is 7.62. The van der Waals surface area contributed by atoms with Crippen LogP contribution in [0.25, 0.3) is 10.9 Å². The summed E-state index contributed by atoms with van der Waals surface area (Å²) in [6.45, 7) is 1.73. The number of aromatic nitrogens is 1. The highest BCUT2D eigenvalue weighted by Crippen LogP contribution is 2.31. The van der Waals surface area contributed by atoms with Crippen molar-refractivity contribution in [3.05, 3.63) is 33.9 Å². The zero-order valence-electron chi connectivity index (χ0n) is 12.5. The number of aryl methyl sites for hydroxylation is 1. The topological polar surface area (TPSA) is 55.8 Å². The molecular formula is C16H18BrN5. The van der Waals surface area contributed by atoms with Gasteiger partial charge in [0.2, 0.25) is 5.96 Å². The lowest BCUT2D eigenvalue weighted by atomic mass is 9.93. The number of benzene rings is 1. The van der Waals surface area contributed by atoms with Gasteiger partial charge in [0, 0.05) is 40.2 Å². The predicted octanol–water partition coefficient (Wildman–Crippen LogP) is 2.86. The Balaban J connectivity index is 1.80. The molecule has 0 bridgehead atoms. The van der Waals surface area contributed by atoms with Gasteiger partial charge >= 0.3 is 0 Å². The Hall–Kier alpha value is -1.82. The molecule has 1 aliphatic carbocycles. The molecule has 6 heteroatoms. The predicted molar refractivity (Wildman–Crippen MR) is 93.5 cm³/mol. The van der Waals surface area contributed by atoms with E-state index < -0.39 is 0 Å². The van der Waals surface area contributed by atoms with Crippen LogP contribution in [0, 0.1) is 0 Å². The van der Waals surface area contributed by atoms with Crippen LogP contribution in [0.15, 0.2) is 32.8 Å². The number of H-pyrrole nitrogens is 1. The van der Waals surface area contributed by atoms with Gasteiger partial charge in [-0.1, -0.05) is 15.9 Å². The average Bonchev–Trinajstić information content (AvgIpc) is 3.14. The summed E-state index contributed by atoms with van der Waals surface area (Å²) in [6, 6.07) is 6.38. The van der Waals surface area contributed by atoms with Crippen LogP contribution in [0.5, 0.6) is 0 Å². The van der Waals surface area contributed by atoms with E-state index in [-0.39, 0.29) is 0 Å². The Morgan fingerprint density at radius 1 is 1.32 bits per heavy atom. The number of hydrazone groups is 1. The number of aromatic amines is 1. The van der Waals surface area contributed by atoms with Crippen LogP contribution in [0.3, 0.4) is 0 Å². The van der Waals surface area contributed by atoms with Crippen molar-refractivity contribution in [2.75, 3.05) is 20.1 Å². The summed E-state index contributed by atoms with van der Waals surface area (Å²) in [4.78, 5) is 7.98. The van der Waals surface area contributed by atoms with Crippen molar-refractivity contribution >= 4 is 38.5 Å². The number of aliphatic imine (C=N–C) groups is 1. The van der Waals surface area contributed by atoms with Crippen molar-refractivity contribution in [3.8, 4) is 0 Å². The molecule has 0 spiro atoms. The zero-order chi connectivity index (χ0) is 15.1. The molecule has 0 amide bonds. The molecule has 2 N–H and O–H groups in total. The highest BCUT2D eigenvalue weighted by atomic mass is 79.9. The van der Waals surface area contributed by atoms with E-state index in [0.717, 1.165) is 48.5 Å². The molecule has 0 unspecified atom stereocenters. The van der Waals surface area contributed by atoms with Crippen LogP contribution in [-0.2, 0) is 6.42 Å².